The second-order valence-electron chi connectivity index (χ2n) is 4.50. The van der Waals surface area contributed by atoms with Gasteiger partial charge in [0.15, 0.2) is 0 Å². The third kappa shape index (κ3) is 3.65. The van der Waals surface area contributed by atoms with Gasteiger partial charge in [-0.2, -0.15) is 0 Å². The summed E-state index contributed by atoms with van der Waals surface area (Å²) in [4.78, 5) is 2.37. The molecule has 0 radical (unpaired) electrons. The monoisotopic (exact) mass is 341 g/mol. The molecule has 0 saturated heterocycles. The maximum Gasteiger partial charge on any atom is 0.123 e. The van der Waals surface area contributed by atoms with Crippen molar-refractivity contribution < 1.29 is 4.39 Å². The van der Waals surface area contributed by atoms with Crippen molar-refractivity contribution in [2.75, 3.05) is 6.54 Å². The molecule has 1 aromatic heterocycles. The van der Waals surface area contributed by atoms with Crippen molar-refractivity contribution in [2.45, 2.75) is 26.3 Å². The lowest BCUT2D eigenvalue weighted by atomic mass is 10.2. The zero-order valence-electron chi connectivity index (χ0n) is 11.0. The van der Waals surface area contributed by atoms with Gasteiger partial charge in [-0.25, -0.2) is 4.39 Å². The van der Waals surface area contributed by atoms with Crippen LogP contribution in [0, 0.1) is 5.82 Å². The van der Waals surface area contributed by atoms with Crippen molar-refractivity contribution in [1.29, 1.82) is 0 Å². The first kappa shape index (κ1) is 14.7. The zero-order valence-corrected chi connectivity index (χ0v) is 13.4. The highest BCUT2D eigenvalue weighted by atomic mass is 79.9. The number of hydrogen-bond donors (Lipinski definition) is 1. The Morgan fingerprint density at radius 2 is 2.11 bits per heavy atom. The summed E-state index contributed by atoms with van der Waals surface area (Å²) in [5, 5.41) is 3.46. The summed E-state index contributed by atoms with van der Waals surface area (Å²) >= 11 is 5.19. The molecule has 1 nitrogen and oxygen atoms in total. The molecule has 0 aliphatic carbocycles. The van der Waals surface area contributed by atoms with E-state index in [0.29, 0.717) is 6.04 Å². The van der Waals surface area contributed by atoms with E-state index >= 15 is 0 Å². The van der Waals surface area contributed by atoms with E-state index in [-0.39, 0.29) is 5.82 Å². The van der Waals surface area contributed by atoms with Gasteiger partial charge in [-0.05, 0) is 50.2 Å². The Kier molecular flexibility index (Phi) is 5.13. The van der Waals surface area contributed by atoms with E-state index < -0.39 is 0 Å². The Labute approximate surface area is 126 Å². The van der Waals surface area contributed by atoms with E-state index in [9.17, 15) is 4.39 Å². The molecule has 1 heterocycles. The second kappa shape index (κ2) is 6.64. The van der Waals surface area contributed by atoms with Crippen LogP contribution in [0.4, 0.5) is 4.39 Å². The summed E-state index contributed by atoms with van der Waals surface area (Å²) in [7, 11) is 0. The molecule has 1 atom stereocenters. The molecule has 4 heteroatoms. The fraction of sp³-hybridized carbons (Fsp3) is 0.333. The average molecular weight is 342 g/mol. The number of halogens is 2. The Morgan fingerprint density at radius 1 is 1.32 bits per heavy atom. The lowest BCUT2D eigenvalue weighted by Crippen LogP contribution is -2.18. The van der Waals surface area contributed by atoms with Gasteiger partial charge in [-0.3, -0.25) is 0 Å². The van der Waals surface area contributed by atoms with Gasteiger partial charge in [0.2, 0.25) is 0 Å². The van der Waals surface area contributed by atoms with E-state index in [2.05, 4.69) is 47.2 Å². The maximum atomic E-state index is 13.3. The molecule has 0 spiro atoms. The summed E-state index contributed by atoms with van der Waals surface area (Å²) in [6, 6.07) is 9.31. The average Bonchev–Trinajstić information content (AvgIpc) is 2.88. The fourth-order valence-corrected chi connectivity index (χ4v) is 3.53. The van der Waals surface area contributed by atoms with Gasteiger partial charge in [0.25, 0.3) is 0 Å². The van der Waals surface area contributed by atoms with Gasteiger partial charge in [-0.1, -0.05) is 22.9 Å². The van der Waals surface area contributed by atoms with Crippen LogP contribution in [0.15, 0.2) is 34.8 Å². The highest BCUT2D eigenvalue weighted by Crippen LogP contribution is 2.35. The van der Waals surface area contributed by atoms with Crippen LogP contribution in [0.2, 0.25) is 0 Å². The number of benzene rings is 1. The number of thiophene rings is 1. The Morgan fingerprint density at radius 3 is 2.84 bits per heavy atom. The molecule has 1 aromatic carbocycles. The highest BCUT2D eigenvalue weighted by Gasteiger charge is 2.11. The molecule has 0 aliphatic heterocycles. The van der Waals surface area contributed by atoms with E-state index in [4.69, 9.17) is 0 Å². The molecule has 0 aliphatic rings. The molecule has 19 heavy (non-hydrogen) atoms. The quantitative estimate of drug-likeness (QED) is 0.769. The summed E-state index contributed by atoms with van der Waals surface area (Å²) in [6.45, 7) is 5.33. The maximum absolute atomic E-state index is 13.3. The minimum Gasteiger partial charge on any atom is -0.309 e. The van der Waals surface area contributed by atoms with Crippen LogP contribution in [0.5, 0.6) is 0 Å². The number of nitrogens with one attached hydrogen (secondary N) is 1. The molecular formula is C15H17BrFNS. The van der Waals surface area contributed by atoms with Crippen LogP contribution < -0.4 is 5.32 Å². The number of hydrogen-bond acceptors (Lipinski definition) is 2. The Bertz CT molecular complexity index is 553. The first-order chi connectivity index (χ1) is 9.11. The van der Waals surface area contributed by atoms with Crippen molar-refractivity contribution in [3.63, 3.8) is 0 Å². The molecule has 2 aromatic rings. The third-order valence-electron chi connectivity index (χ3n) is 2.95. The summed E-state index contributed by atoms with van der Waals surface area (Å²) in [6.07, 6.45) is 1.12. The lowest BCUT2D eigenvalue weighted by molar-refractivity contribution is 0.578. The summed E-state index contributed by atoms with van der Waals surface area (Å²) in [5.74, 6) is -0.203. The molecule has 102 valence electrons. The molecule has 0 fully saturated rings. The van der Waals surface area contributed by atoms with E-state index in [0.717, 1.165) is 27.9 Å². The molecule has 0 saturated carbocycles. The molecule has 1 N–H and O–H groups in total. The molecule has 0 amide bonds. The van der Waals surface area contributed by atoms with Crippen LogP contribution in [-0.4, -0.2) is 6.54 Å². The molecule has 0 bridgehead atoms. The van der Waals surface area contributed by atoms with Crippen LogP contribution >= 0.6 is 27.3 Å². The van der Waals surface area contributed by atoms with E-state index in [1.54, 1.807) is 23.5 Å². The Balaban J connectivity index is 2.23. The van der Waals surface area contributed by atoms with Gasteiger partial charge in [-0.15, -0.1) is 11.3 Å². The van der Waals surface area contributed by atoms with E-state index in [1.165, 1.54) is 10.9 Å². The third-order valence-corrected chi connectivity index (χ3v) is 4.94. The second-order valence-corrected chi connectivity index (χ2v) is 6.47. The van der Waals surface area contributed by atoms with Gasteiger partial charge >= 0.3 is 0 Å². The molecular weight excluding hydrogens is 325 g/mol. The van der Waals surface area contributed by atoms with Crippen LogP contribution in [-0.2, 0) is 0 Å². The predicted molar refractivity (Wildman–Crippen MR) is 84.1 cm³/mol. The van der Waals surface area contributed by atoms with Crippen molar-refractivity contribution in [2.24, 2.45) is 0 Å². The zero-order chi connectivity index (χ0) is 13.8. The van der Waals surface area contributed by atoms with Crippen molar-refractivity contribution in [3.05, 3.63) is 45.5 Å². The van der Waals surface area contributed by atoms with Crippen LogP contribution in [0.1, 0.15) is 31.2 Å². The normalized spacial score (nSPS) is 12.6. The van der Waals surface area contributed by atoms with Crippen molar-refractivity contribution in [3.8, 4) is 10.4 Å². The lowest BCUT2D eigenvalue weighted by Gasteiger charge is -2.10. The standard InChI is InChI=1S/C15H17BrFNS/c1-3-8-18-10(2)14-6-7-15(19-14)12-9-11(17)4-5-13(12)16/h4-7,9-10,18H,3,8H2,1-2H3. The van der Waals surface area contributed by atoms with Crippen molar-refractivity contribution >= 4 is 27.3 Å². The van der Waals surface area contributed by atoms with Crippen LogP contribution in [0.3, 0.4) is 0 Å². The van der Waals surface area contributed by atoms with E-state index in [1.807, 2.05) is 0 Å². The fourth-order valence-electron chi connectivity index (χ4n) is 1.88. The first-order valence-corrected chi connectivity index (χ1v) is 8.01. The van der Waals surface area contributed by atoms with Gasteiger partial charge in [0.1, 0.15) is 5.82 Å². The summed E-state index contributed by atoms with van der Waals surface area (Å²) in [5.41, 5.74) is 0.916. The largest absolute Gasteiger partial charge is 0.309 e. The smallest absolute Gasteiger partial charge is 0.123 e. The van der Waals surface area contributed by atoms with Gasteiger partial charge in [0, 0.05) is 25.8 Å². The molecule has 1 unspecified atom stereocenters. The number of rotatable bonds is 5. The minimum atomic E-state index is -0.203. The summed E-state index contributed by atoms with van der Waals surface area (Å²) < 4.78 is 14.3. The topological polar surface area (TPSA) is 12.0 Å². The van der Waals surface area contributed by atoms with Crippen LogP contribution in [0.25, 0.3) is 10.4 Å². The molecule has 2 rings (SSSR count). The first-order valence-electron chi connectivity index (χ1n) is 6.40. The minimum absolute atomic E-state index is 0.203. The SMILES string of the molecule is CCCNC(C)c1ccc(-c2cc(F)ccc2Br)s1. The van der Waals surface area contributed by atoms with Crippen molar-refractivity contribution in [1.82, 2.24) is 5.32 Å². The Hall–Kier alpha value is -0.710. The predicted octanol–water partition coefficient (Wildman–Crippen LogP) is 5.38. The highest BCUT2D eigenvalue weighted by molar-refractivity contribution is 9.10. The van der Waals surface area contributed by atoms with Gasteiger partial charge in [0.05, 0.1) is 0 Å². The van der Waals surface area contributed by atoms with Gasteiger partial charge < -0.3 is 5.32 Å².